The number of ether oxygens (including phenoxy) is 2. The summed E-state index contributed by atoms with van der Waals surface area (Å²) in [5.41, 5.74) is 3.39. The first-order chi connectivity index (χ1) is 14.1. The normalized spacial score (nSPS) is 13.2. The molecule has 0 radical (unpaired) electrons. The van der Waals surface area contributed by atoms with Gasteiger partial charge < -0.3 is 18.9 Å². The predicted octanol–water partition coefficient (Wildman–Crippen LogP) is 3.92. The molecule has 3 aromatic rings. The predicted molar refractivity (Wildman–Crippen MR) is 111 cm³/mol. The molecule has 29 heavy (non-hydrogen) atoms. The van der Waals surface area contributed by atoms with Gasteiger partial charge in [-0.15, -0.1) is 0 Å². The Morgan fingerprint density at radius 3 is 2.72 bits per heavy atom. The molecule has 1 N–H and O–H groups in total. The Hall–Kier alpha value is -2.74. The van der Waals surface area contributed by atoms with Crippen LogP contribution in [-0.4, -0.2) is 29.2 Å². The third-order valence-electron chi connectivity index (χ3n) is 5.04. The maximum atomic E-state index is 12.3. The van der Waals surface area contributed by atoms with E-state index in [4.69, 9.17) is 13.9 Å². The Morgan fingerprint density at radius 2 is 1.93 bits per heavy atom. The molecule has 0 bridgehead atoms. The Morgan fingerprint density at radius 1 is 1.14 bits per heavy atom. The highest BCUT2D eigenvalue weighted by atomic mass is 32.2. The second kappa shape index (κ2) is 8.32. The number of fused-ring (bicyclic) bond motifs is 1. The maximum absolute atomic E-state index is 12.3. The number of aryl methyl sites for hydroxylation is 2. The van der Waals surface area contributed by atoms with Crippen molar-refractivity contribution < 1.29 is 13.9 Å². The Bertz CT molecular complexity index is 1090. The number of aromatic amines is 1. The van der Waals surface area contributed by atoms with E-state index in [0.717, 1.165) is 54.0 Å². The van der Waals surface area contributed by atoms with Gasteiger partial charge in [0.2, 0.25) is 5.89 Å². The first-order valence-corrected chi connectivity index (χ1v) is 10.5. The zero-order chi connectivity index (χ0) is 20.4. The largest absolute Gasteiger partial charge is 0.493 e. The monoisotopic (exact) mass is 413 g/mol. The van der Waals surface area contributed by atoms with Crippen LogP contribution >= 0.6 is 11.8 Å². The number of oxazole rings is 1. The second-order valence-electron chi connectivity index (χ2n) is 6.88. The van der Waals surface area contributed by atoms with Gasteiger partial charge in [-0.1, -0.05) is 11.8 Å². The maximum Gasteiger partial charge on any atom is 0.254 e. The van der Waals surface area contributed by atoms with Crippen LogP contribution in [0.2, 0.25) is 0 Å². The van der Waals surface area contributed by atoms with Crippen molar-refractivity contribution in [2.45, 2.75) is 43.5 Å². The number of nitrogens with one attached hydrogen (secondary N) is 1. The summed E-state index contributed by atoms with van der Waals surface area (Å²) < 4.78 is 16.5. The molecule has 7 nitrogen and oxygen atoms in total. The average molecular weight is 413 g/mol. The molecule has 0 fully saturated rings. The minimum Gasteiger partial charge on any atom is -0.493 e. The van der Waals surface area contributed by atoms with E-state index >= 15 is 0 Å². The second-order valence-corrected chi connectivity index (χ2v) is 7.85. The third-order valence-corrected chi connectivity index (χ3v) is 5.92. The minimum absolute atomic E-state index is 0.0138. The average Bonchev–Trinajstić information content (AvgIpc) is 3.12. The number of rotatable bonds is 6. The van der Waals surface area contributed by atoms with Crippen LogP contribution in [0.5, 0.6) is 11.5 Å². The first kappa shape index (κ1) is 19.6. The lowest BCUT2D eigenvalue weighted by molar-refractivity contribution is 0.355. The summed E-state index contributed by atoms with van der Waals surface area (Å²) in [5, 5.41) is 0.630. The number of nitrogens with zero attached hydrogens (tertiary/aromatic N) is 2. The number of hydrogen-bond donors (Lipinski definition) is 1. The van der Waals surface area contributed by atoms with E-state index < -0.39 is 0 Å². The highest BCUT2D eigenvalue weighted by molar-refractivity contribution is 7.98. The molecule has 0 amide bonds. The Labute approximate surface area is 172 Å². The lowest BCUT2D eigenvalue weighted by Gasteiger charge is -2.14. The van der Waals surface area contributed by atoms with Crippen molar-refractivity contribution in [1.82, 2.24) is 15.0 Å². The van der Waals surface area contributed by atoms with Crippen LogP contribution in [0.25, 0.3) is 11.5 Å². The van der Waals surface area contributed by atoms with Crippen LogP contribution in [0, 0.1) is 6.92 Å². The lowest BCUT2D eigenvalue weighted by Crippen LogP contribution is -2.21. The van der Waals surface area contributed by atoms with Gasteiger partial charge in [-0.3, -0.25) is 4.79 Å². The van der Waals surface area contributed by atoms with E-state index in [1.165, 1.54) is 11.8 Å². The van der Waals surface area contributed by atoms with Crippen molar-refractivity contribution in [2.24, 2.45) is 0 Å². The van der Waals surface area contributed by atoms with Crippen LogP contribution in [0.1, 0.15) is 35.6 Å². The van der Waals surface area contributed by atoms with Gasteiger partial charge in [0, 0.05) is 16.9 Å². The van der Waals surface area contributed by atoms with Crippen molar-refractivity contribution in [1.29, 1.82) is 0 Å². The highest BCUT2D eigenvalue weighted by Crippen LogP contribution is 2.33. The molecule has 0 unspecified atom stereocenters. The van der Waals surface area contributed by atoms with Crippen LogP contribution in [-0.2, 0) is 18.6 Å². The van der Waals surface area contributed by atoms with Gasteiger partial charge in [0.1, 0.15) is 5.76 Å². The van der Waals surface area contributed by atoms with Gasteiger partial charge in [-0.2, -0.15) is 0 Å². The van der Waals surface area contributed by atoms with E-state index in [-0.39, 0.29) is 5.56 Å². The topological polar surface area (TPSA) is 90.2 Å². The van der Waals surface area contributed by atoms with E-state index in [9.17, 15) is 4.79 Å². The Balaban J connectivity index is 1.53. The van der Waals surface area contributed by atoms with Crippen LogP contribution in [0.3, 0.4) is 0 Å². The van der Waals surface area contributed by atoms with Gasteiger partial charge in [0.05, 0.1) is 25.6 Å². The molecule has 0 atom stereocenters. The summed E-state index contributed by atoms with van der Waals surface area (Å²) >= 11 is 1.46. The van der Waals surface area contributed by atoms with Crippen molar-refractivity contribution in [3.8, 4) is 23.0 Å². The van der Waals surface area contributed by atoms with Crippen molar-refractivity contribution in [3.63, 3.8) is 0 Å². The Kier molecular flexibility index (Phi) is 5.62. The molecule has 152 valence electrons. The molecule has 1 aliphatic rings. The van der Waals surface area contributed by atoms with Gasteiger partial charge in [0.15, 0.2) is 16.7 Å². The standard InChI is InChI=1S/C21H23N3O4S/c1-12-16(11-29-21-23-15-7-5-4-6-14(15)19(25)24-21)22-20(28-12)13-8-9-17(26-2)18(10-13)27-3/h8-10H,4-7,11H2,1-3H3,(H,23,24,25). The van der Waals surface area contributed by atoms with E-state index in [1.807, 2.05) is 25.1 Å². The van der Waals surface area contributed by atoms with E-state index in [2.05, 4.69) is 15.0 Å². The number of benzene rings is 1. The van der Waals surface area contributed by atoms with Gasteiger partial charge in [0.25, 0.3) is 5.56 Å². The fourth-order valence-electron chi connectivity index (χ4n) is 3.44. The zero-order valence-corrected chi connectivity index (χ0v) is 17.5. The van der Waals surface area contributed by atoms with Gasteiger partial charge in [-0.25, -0.2) is 9.97 Å². The summed E-state index contributed by atoms with van der Waals surface area (Å²) in [6.07, 6.45) is 3.84. The summed E-state index contributed by atoms with van der Waals surface area (Å²) in [6.45, 7) is 1.89. The van der Waals surface area contributed by atoms with Crippen LogP contribution < -0.4 is 15.0 Å². The highest BCUT2D eigenvalue weighted by Gasteiger charge is 2.17. The molecule has 8 heteroatoms. The fourth-order valence-corrected chi connectivity index (χ4v) is 4.32. The summed E-state index contributed by atoms with van der Waals surface area (Å²) in [7, 11) is 3.19. The number of hydrogen-bond acceptors (Lipinski definition) is 7. The summed E-state index contributed by atoms with van der Waals surface area (Å²) in [4.78, 5) is 24.5. The molecule has 2 heterocycles. The molecule has 0 saturated carbocycles. The van der Waals surface area contributed by atoms with E-state index in [0.29, 0.717) is 28.3 Å². The zero-order valence-electron chi connectivity index (χ0n) is 16.7. The van der Waals surface area contributed by atoms with Gasteiger partial charge in [-0.05, 0) is 50.8 Å². The third kappa shape index (κ3) is 4.03. The number of thioether (sulfide) groups is 1. The molecule has 0 aliphatic heterocycles. The fraction of sp³-hybridized carbons (Fsp3) is 0.381. The lowest BCUT2D eigenvalue weighted by atomic mass is 9.97. The number of H-pyrrole nitrogens is 1. The first-order valence-electron chi connectivity index (χ1n) is 9.52. The molecule has 2 aromatic heterocycles. The molecule has 4 rings (SSSR count). The molecular formula is C21H23N3O4S. The van der Waals surface area contributed by atoms with Crippen molar-refractivity contribution >= 4 is 11.8 Å². The minimum atomic E-state index is -0.0138. The van der Waals surface area contributed by atoms with Gasteiger partial charge >= 0.3 is 0 Å². The molecule has 1 aliphatic carbocycles. The summed E-state index contributed by atoms with van der Waals surface area (Å²) in [6, 6.07) is 5.54. The quantitative estimate of drug-likeness (QED) is 0.484. The smallest absolute Gasteiger partial charge is 0.254 e. The molecule has 0 saturated heterocycles. The SMILES string of the molecule is COc1ccc(-c2nc(CSc3nc4c(c(=O)[nH]3)CCCC4)c(C)o2)cc1OC. The molecular weight excluding hydrogens is 390 g/mol. The van der Waals surface area contributed by atoms with Crippen LogP contribution in [0.15, 0.2) is 32.6 Å². The molecule has 1 aromatic carbocycles. The summed E-state index contributed by atoms with van der Waals surface area (Å²) in [5.74, 6) is 3.09. The van der Waals surface area contributed by atoms with Crippen LogP contribution in [0.4, 0.5) is 0 Å². The van der Waals surface area contributed by atoms with Crippen molar-refractivity contribution in [2.75, 3.05) is 14.2 Å². The van der Waals surface area contributed by atoms with E-state index in [1.54, 1.807) is 14.2 Å². The van der Waals surface area contributed by atoms with Crippen molar-refractivity contribution in [3.05, 3.63) is 51.3 Å². The molecule has 0 spiro atoms. The number of aromatic nitrogens is 3. The number of methoxy groups -OCH3 is 2.